The third-order valence-electron chi connectivity index (χ3n) is 5.47. The van der Waals surface area contributed by atoms with E-state index in [1.807, 2.05) is 0 Å². The number of aromatic nitrogens is 2. The van der Waals surface area contributed by atoms with Gasteiger partial charge in [-0.25, -0.2) is 4.98 Å². The summed E-state index contributed by atoms with van der Waals surface area (Å²) in [5.74, 6) is -0.210. The molecular formula is C23H15N3O7S. The number of imidazole rings is 1. The van der Waals surface area contributed by atoms with Crippen molar-refractivity contribution in [1.82, 2.24) is 9.97 Å². The number of nitro benzene ring substituents is 1. The van der Waals surface area contributed by atoms with Gasteiger partial charge in [0.1, 0.15) is 27.7 Å². The number of phenols is 2. The van der Waals surface area contributed by atoms with Crippen LogP contribution in [-0.2, 0) is 10.1 Å². The van der Waals surface area contributed by atoms with Crippen LogP contribution in [0.15, 0.2) is 71.6 Å². The van der Waals surface area contributed by atoms with E-state index in [4.69, 9.17) is 0 Å². The van der Waals surface area contributed by atoms with Crippen molar-refractivity contribution in [3.05, 3.63) is 76.8 Å². The van der Waals surface area contributed by atoms with Crippen LogP contribution in [0.1, 0.15) is 0 Å². The fraction of sp³-hybridized carbons (Fsp3) is 0. The smallest absolute Gasteiger partial charge is 0.295 e. The minimum Gasteiger partial charge on any atom is -0.507 e. The summed E-state index contributed by atoms with van der Waals surface area (Å²) in [7, 11) is -4.60. The van der Waals surface area contributed by atoms with Crippen molar-refractivity contribution in [2.45, 2.75) is 4.90 Å². The Morgan fingerprint density at radius 1 is 0.912 bits per heavy atom. The van der Waals surface area contributed by atoms with E-state index in [0.29, 0.717) is 11.1 Å². The fourth-order valence-electron chi connectivity index (χ4n) is 3.94. The summed E-state index contributed by atoms with van der Waals surface area (Å²) in [4.78, 5) is 17.5. The predicted molar refractivity (Wildman–Crippen MR) is 124 cm³/mol. The molecule has 0 saturated carbocycles. The summed E-state index contributed by atoms with van der Waals surface area (Å²) in [6.45, 7) is 0. The van der Waals surface area contributed by atoms with Crippen molar-refractivity contribution in [3.8, 4) is 34.0 Å². The van der Waals surface area contributed by atoms with E-state index < -0.39 is 19.9 Å². The monoisotopic (exact) mass is 477 g/mol. The molecule has 0 aliphatic rings. The van der Waals surface area contributed by atoms with E-state index in [2.05, 4.69) is 9.97 Å². The normalized spacial score (nSPS) is 11.8. The van der Waals surface area contributed by atoms with E-state index >= 15 is 0 Å². The summed E-state index contributed by atoms with van der Waals surface area (Å²) in [6.07, 6.45) is 0. The molecule has 4 N–H and O–H groups in total. The maximum atomic E-state index is 11.9. The maximum Gasteiger partial charge on any atom is 0.295 e. The van der Waals surface area contributed by atoms with E-state index in [0.717, 1.165) is 0 Å². The first-order valence-electron chi connectivity index (χ1n) is 9.83. The number of fused-ring (bicyclic) bond motifs is 3. The van der Waals surface area contributed by atoms with Crippen LogP contribution >= 0.6 is 0 Å². The van der Waals surface area contributed by atoms with Crippen LogP contribution in [-0.4, -0.2) is 38.1 Å². The molecule has 0 bridgehead atoms. The molecule has 10 nitrogen and oxygen atoms in total. The van der Waals surface area contributed by atoms with E-state index in [1.54, 1.807) is 24.3 Å². The number of nitrogens with zero attached hydrogens (tertiary/aromatic N) is 2. The van der Waals surface area contributed by atoms with Gasteiger partial charge in [-0.05, 0) is 35.4 Å². The average Bonchev–Trinajstić information content (AvgIpc) is 3.21. The number of H-pyrrole nitrogens is 1. The molecule has 4 aromatic carbocycles. The molecule has 0 radical (unpaired) electrons. The zero-order valence-corrected chi connectivity index (χ0v) is 17.9. The minimum atomic E-state index is -4.60. The summed E-state index contributed by atoms with van der Waals surface area (Å²) in [5.41, 5.74) is 1.74. The van der Waals surface area contributed by atoms with Crippen molar-refractivity contribution < 1.29 is 28.1 Å². The van der Waals surface area contributed by atoms with Gasteiger partial charge in [0.05, 0.1) is 21.4 Å². The van der Waals surface area contributed by atoms with Gasteiger partial charge in [-0.3, -0.25) is 14.7 Å². The largest absolute Gasteiger partial charge is 0.507 e. The van der Waals surface area contributed by atoms with Crippen LogP contribution < -0.4 is 0 Å². The predicted octanol–water partition coefficient (Wildman–Crippen LogP) is 4.62. The second-order valence-electron chi connectivity index (χ2n) is 7.57. The third-order valence-corrected chi connectivity index (χ3v) is 6.37. The maximum absolute atomic E-state index is 11.9. The van der Waals surface area contributed by atoms with Crippen LogP contribution in [0.4, 0.5) is 5.69 Å². The molecule has 0 atom stereocenters. The highest BCUT2D eigenvalue weighted by Gasteiger charge is 2.21. The molecule has 0 amide bonds. The summed E-state index contributed by atoms with van der Waals surface area (Å²) in [5, 5.41) is 32.3. The van der Waals surface area contributed by atoms with E-state index in [1.165, 1.54) is 42.5 Å². The van der Waals surface area contributed by atoms with Gasteiger partial charge in [0.15, 0.2) is 0 Å². The zero-order valence-electron chi connectivity index (χ0n) is 17.1. The molecule has 5 rings (SSSR count). The van der Waals surface area contributed by atoms with Crippen LogP contribution in [0.3, 0.4) is 0 Å². The van der Waals surface area contributed by atoms with E-state index in [9.17, 15) is 33.3 Å². The van der Waals surface area contributed by atoms with Crippen LogP contribution in [0.2, 0.25) is 0 Å². The topological polar surface area (TPSA) is 167 Å². The Balaban J connectivity index is 1.68. The first kappa shape index (κ1) is 21.4. The molecule has 0 spiro atoms. The molecule has 170 valence electrons. The lowest BCUT2D eigenvalue weighted by molar-refractivity contribution is -0.384. The van der Waals surface area contributed by atoms with Gasteiger partial charge in [0.25, 0.3) is 15.8 Å². The Kier molecular flexibility index (Phi) is 4.74. The second kappa shape index (κ2) is 7.54. The Labute approximate surface area is 191 Å². The highest BCUT2D eigenvalue weighted by atomic mass is 32.2. The molecule has 0 aliphatic heterocycles. The Hall–Kier alpha value is -4.48. The van der Waals surface area contributed by atoms with Crippen LogP contribution in [0.25, 0.3) is 44.3 Å². The third kappa shape index (κ3) is 3.49. The molecule has 11 heteroatoms. The highest BCUT2D eigenvalue weighted by molar-refractivity contribution is 7.86. The second-order valence-corrected chi connectivity index (χ2v) is 8.96. The standard InChI is InChI=1S/C23H15N3O7S/c27-18-6-2-5-16-20(34(31,32)33)11-17-22(21(16)18)25-23(24-17)15-8-7-13(10-19(15)28)12-3-1-4-14(9-12)26(29)30/h1-11,27-28H,(H,24,25)(H,31,32,33). The molecular weight excluding hydrogens is 462 g/mol. The van der Waals surface area contributed by atoms with Crippen LogP contribution in [0, 0.1) is 10.1 Å². The highest BCUT2D eigenvalue weighted by Crippen LogP contribution is 2.39. The van der Waals surface area contributed by atoms with E-state index in [-0.39, 0.29) is 50.4 Å². The summed E-state index contributed by atoms with van der Waals surface area (Å²) >= 11 is 0. The molecule has 1 heterocycles. The van der Waals surface area contributed by atoms with Gasteiger partial charge in [-0.1, -0.05) is 30.3 Å². The first-order chi connectivity index (χ1) is 16.1. The molecule has 0 aliphatic carbocycles. The SMILES string of the molecule is O=[N+]([O-])c1cccc(-c2ccc(-c3nc4c(cc(S(=O)(=O)O)c5cccc(O)c54)[nH]3)c(O)c2)c1. The lowest BCUT2D eigenvalue weighted by Crippen LogP contribution is -1.99. The van der Waals surface area contributed by atoms with Crippen molar-refractivity contribution in [2.24, 2.45) is 0 Å². The van der Waals surface area contributed by atoms with Crippen molar-refractivity contribution in [3.63, 3.8) is 0 Å². The number of nitro groups is 1. The zero-order chi connectivity index (χ0) is 24.2. The number of nitrogens with one attached hydrogen (secondary N) is 1. The van der Waals surface area contributed by atoms with Crippen LogP contribution in [0.5, 0.6) is 11.5 Å². The summed E-state index contributed by atoms with van der Waals surface area (Å²) < 4.78 is 33.5. The van der Waals surface area contributed by atoms with Gasteiger partial charge < -0.3 is 15.2 Å². The Morgan fingerprint density at radius 3 is 2.35 bits per heavy atom. The number of hydrogen-bond donors (Lipinski definition) is 4. The first-order valence-corrected chi connectivity index (χ1v) is 11.3. The number of benzene rings is 4. The Bertz CT molecular complexity index is 1740. The molecule has 5 aromatic rings. The van der Waals surface area contributed by atoms with Crippen molar-refractivity contribution >= 4 is 37.6 Å². The van der Waals surface area contributed by atoms with Gasteiger partial charge in [-0.2, -0.15) is 8.42 Å². The number of rotatable bonds is 4. The van der Waals surface area contributed by atoms with Gasteiger partial charge in [0, 0.05) is 17.5 Å². The number of non-ortho nitro benzene ring substituents is 1. The molecule has 0 unspecified atom stereocenters. The number of aromatic amines is 1. The summed E-state index contributed by atoms with van der Waals surface area (Å²) in [6, 6.07) is 16.1. The minimum absolute atomic E-state index is 0.0836. The van der Waals surface area contributed by atoms with Crippen molar-refractivity contribution in [2.75, 3.05) is 0 Å². The molecule has 0 saturated heterocycles. The van der Waals surface area contributed by atoms with Gasteiger partial charge >= 0.3 is 0 Å². The van der Waals surface area contributed by atoms with Gasteiger partial charge in [-0.15, -0.1) is 0 Å². The quantitative estimate of drug-likeness (QED) is 0.165. The molecule has 34 heavy (non-hydrogen) atoms. The molecule has 1 aromatic heterocycles. The van der Waals surface area contributed by atoms with Gasteiger partial charge in [0.2, 0.25) is 0 Å². The number of hydrogen-bond acceptors (Lipinski definition) is 7. The average molecular weight is 477 g/mol. The number of phenolic OH excluding ortho intramolecular Hbond substituents is 2. The fourth-order valence-corrected chi connectivity index (χ4v) is 4.65. The lowest BCUT2D eigenvalue weighted by atomic mass is 10.0. The lowest BCUT2D eigenvalue weighted by Gasteiger charge is -2.06. The number of aromatic hydroxyl groups is 2. The molecule has 0 fully saturated rings. The Morgan fingerprint density at radius 2 is 1.65 bits per heavy atom. The van der Waals surface area contributed by atoms with Crippen molar-refractivity contribution in [1.29, 1.82) is 0 Å².